The lowest BCUT2D eigenvalue weighted by Crippen LogP contribution is -2.45. The first kappa shape index (κ1) is 27.9. The number of alkyl halides is 2. The normalized spacial score (nSPS) is 20.3. The van der Waals surface area contributed by atoms with Gasteiger partial charge < -0.3 is 29.4 Å². The summed E-state index contributed by atoms with van der Waals surface area (Å²) in [5.41, 5.74) is -2.07. The van der Waals surface area contributed by atoms with Crippen LogP contribution in [0.4, 0.5) is 8.78 Å². The fourth-order valence-corrected chi connectivity index (χ4v) is 4.81. The van der Waals surface area contributed by atoms with E-state index >= 15 is 0 Å². The van der Waals surface area contributed by atoms with Crippen LogP contribution in [-0.4, -0.2) is 59.5 Å². The minimum atomic E-state index is -5.91. The Morgan fingerprint density at radius 1 is 1.16 bits per heavy atom. The number of halogens is 2. The number of aliphatic hydroxyl groups is 1. The smallest absolute Gasteiger partial charge is 0.392 e. The fourth-order valence-electron chi connectivity index (χ4n) is 1.78. The summed E-state index contributed by atoms with van der Waals surface area (Å²) in [6, 6.07) is 0.776. The lowest BCUT2D eigenvalue weighted by molar-refractivity contribution is -0.252. The van der Waals surface area contributed by atoms with Gasteiger partial charge in [0.1, 0.15) is 6.61 Å². The summed E-state index contributed by atoms with van der Waals surface area (Å²) in [4.78, 5) is 59.7. The Labute approximate surface area is 170 Å². The molecule has 0 saturated carbocycles. The highest BCUT2D eigenvalue weighted by Crippen LogP contribution is 2.66. The second-order valence-electron chi connectivity index (χ2n) is 5.54. The predicted octanol–water partition coefficient (Wildman–Crippen LogP) is -0.589. The zero-order valence-electron chi connectivity index (χ0n) is 15.2. The molecule has 180 valence electrons. The molecular formula is C10H17F2N2O14P3. The Morgan fingerprint density at radius 3 is 2.19 bits per heavy atom. The van der Waals surface area contributed by atoms with Crippen molar-refractivity contribution < 1.29 is 65.0 Å². The molecule has 0 aliphatic rings. The van der Waals surface area contributed by atoms with Crippen LogP contribution < -0.4 is 11.2 Å². The van der Waals surface area contributed by atoms with Crippen LogP contribution >= 0.6 is 23.5 Å². The molecule has 0 spiro atoms. The minimum Gasteiger partial charge on any atom is -0.392 e. The molecule has 16 nitrogen and oxygen atoms in total. The van der Waals surface area contributed by atoms with Gasteiger partial charge in [0.15, 0.2) is 12.4 Å². The van der Waals surface area contributed by atoms with Gasteiger partial charge in [-0.05, 0) is 6.92 Å². The molecule has 0 bridgehead atoms. The van der Waals surface area contributed by atoms with Gasteiger partial charge in [-0.15, -0.1) is 0 Å². The molecule has 0 fully saturated rings. The molecule has 6 N–H and O–H groups in total. The molecule has 0 amide bonds. The average Bonchev–Trinajstić information content (AvgIpc) is 2.55. The van der Waals surface area contributed by atoms with Crippen molar-refractivity contribution in [3.05, 3.63) is 33.1 Å². The first-order chi connectivity index (χ1) is 13.9. The minimum absolute atomic E-state index is 0.433. The zero-order chi connectivity index (χ0) is 24.3. The van der Waals surface area contributed by atoms with Gasteiger partial charge in [0.25, 0.3) is 11.4 Å². The number of hydrogen-bond donors (Lipinski definition) is 6. The van der Waals surface area contributed by atoms with Gasteiger partial charge >= 0.3 is 29.2 Å². The maximum atomic E-state index is 14.9. The maximum absolute atomic E-state index is 14.9. The third-order valence-electron chi connectivity index (χ3n) is 3.08. The summed E-state index contributed by atoms with van der Waals surface area (Å²) < 4.78 is 78.0. The molecule has 0 aromatic carbocycles. The molecule has 0 saturated heterocycles. The molecule has 1 aromatic rings. The van der Waals surface area contributed by atoms with E-state index in [1.54, 1.807) is 4.98 Å². The van der Waals surface area contributed by atoms with Crippen LogP contribution in [0.1, 0.15) is 13.2 Å². The number of phosphoric ester groups is 1. The van der Waals surface area contributed by atoms with Crippen LogP contribution in [0.3, 0.4) is 0 Å². The summed E-state index contributed by atoms with van der Waals surface area (Å²) in [5, 5.41) is 9.31. The number of nitrogens with zero attached hydrogens (tertiary/aromatic N) is 1. The summed E-state index contributed by atoms with van der Waals surface area (Å²) in [6.07, 6.45) is -3.92. The van der Waals surface area contributed by atoms with Gasteiger partial charge in [-0.2, -0.15) is 8.62 Å². The highest BCUT2D eigenvalue weighted by Gasteiger charge is 2.46. The quantitative estimate of drug-likeness (QED) is 0.189. The predicted molar refractivity (Wildman–Crippen MR) is 92.8 cm³/mol. The van der Waals surface area contributed by atoms with Crippen molar-refractivity contribution in [2.75, 3.05) is 13.2 Å². The van der Waals surface area contributed by atoms with Crippen LogP contribution in [0.15, 0.2) is 21.9 Å². The van der Waals surface area contributed by atoms with Crippen LogP contribution in [0.5, 0.6) is 0 Å². The van der Waals surface area contributed by atoms with E-state index in [2.05, 4.69) is 17.9 Å². The molecule has 0 aliphatic heterocycles. The van der Waals surface area contributed by atoms with Crippen molar-refractivity contribution in [1.29, 1.82) is 0 Å². The molecular weight excluding hydrogens is 503 g/mol. The first-order valence-electron chi connectivity index (χ1n) is 7.61. The van der Waals surface area contributed by atoms with E-state index in [9.17, 15) is 42.1 Å². The van der Waals surface area contributed by atoms with Crippen molar-refractivity contribution in [1.82, 2.24) is 9.55 Å². The van der Waals surface area contributed by atoms with Crippen LogP contribution in [0.2, 0.25) is 0 Å². The third kappa shape index (κ3) is 9.10. The Balaban J connectivity index is 3.03. The molecule has 31 heavy (non-hydrogen) atoms. The maximum Gasteiger partial charge on any atom is 0.490 e. The van der Waals surface area contributed by atoms with Gasteiger partial charge in [-0.1, -0.05) is 0 Å². The van der Waals surface area contributed by atoms with Gasteiger partial charge in [0, 0.05) is 12.3 Å². The van der Waals surface area contributed by atoms with E-state index in [4.69, 9.17) is 14.7 Å². The van der Waals surface area contributed by atoms with Crippen molar-refractivity contribution in [3.8, 4) is 0 Å². The molecule has 1 rings (SSSR count). The molecule has 21 heteroatoms. The van der Waals surface area contributed by atoms with Crippen LogP contribution in [0.25, 0.3) is 0 Å². The number of aliphatic hydroxyl groups excluding tert-OH is 1. The Morgan fingerprint density at radius 2 is 1.74 bits per heavy atom. The number of aromatic amines is 1. The molecule has 1 heterocycles. The molecule has 0 aliphatic carbocycles. The van der Waals surface area contributed by atoms with E-state index in [0.29, 0.717) is 11.5 Å². The second-order valence-corrected chi connectivity index (χ2v) is 9.96. The number of aromatic nitrogens is 2. The molecule has 5 atom stereocenters. The van der Waals surface area contributed by atoms with E-state index < -0.39 is 66.2 Å². The topological polar surface area (TPSA) is 244 Å². The van der Waals surface area contributed by atoms with Crippen LogP contribution in [-0.2, 0) is 31.6 Å². The lowest BCUT2D eigenvalue weighted by atomic mass is 10.2. The van der Waals surface area contributed by atoms with E-state index in [1.165, 1.54) is 0 Å². The van der Waals surface area contributed by atoms with Gasteiger partial charge in [0.2, 0.25) is 0 Å². The standard InChI is InChI=1S/C10H17F2N2O14P3/c1-6(11)10(12,26-8(4-15)14-3-2-7(16)13-9(14)17)5-25-30(21,22)28-31(23,24)27-29(18,19)20/h2-3,6,8,15H,4-5H2,1H3,(H,21,22)(H,23,24)(H,13,16,17)(H2,18,19,20)/t6-,8+,10+/m0/s1. The summed E-state index contributed by atoms with van der Waals surface area (Å²) in [6.45, 7) is -2.49. The zero-order valence-corrected chi connectivity index (χ0v) is 17.9. The first-order valence-corrected chi connectivity index (χ1v) is 12.1. The Hall–Kier alpha value is -1.13. The number of nitrogens with one attached hydrogen (secondary N) is 1. The fraction of sp³-hybridized carbons (Fsp3) is 0.600. The molecule has 2 unspecified atom stereocenters. The van der Waals surface area contributed by atoms with Crippen molar-refractivity contribution >= 4 is 23.5 Å². The van der Waals surface area contributed by atoms with Crippen LogP contribution in [0, 0.1) is 0 Å². The van der Waals surface area contributed by atoms with Gasteiger partial charge in [-0.3, -0.25) is 18.9 Å². The largest absolute Gasteiger partial charge is 0.490 e. The second kappa shape index (κ2) is 10.2. The third-order valence-corrected chi connectivity index (χ3v) is 6.87. The Bertz CT molecular complexity index is 1020. The summed E-state index contributed by atoms with van der Waals surface area (Å²) >= 11 is 0. The Kier molecular flexibility index (Phi) is 9.19. The monoisotopic (exact) mass is 520 g/mol. The van der Waals surface area contributed by atoms with Crippen molar-refractivity contribution in [2.45, 2.75) is 25.2 Å². The SMILES string of the molecule is C[C@H](F)[C@@](F)(COP(=O)(O)OP(=O)(O)OP(=O)(O)O)O[C@H](CO)n1ccc(=O)[nH]c1=O. The lowest BCUT2D eigenvalue weighted by Gasteiger charge is -2.31. The number of hydrogen-bond acceptors (Lipinski definition) is 10. The molecule has 0 radical (unpaired) electrons. The molecule has 1 aromatic heterocycles. The average molecular weight is 520 g/mol. The van der Waals surface area contributed by atoms with Gasteiger partial charge in [-0.25, -0.2) is 27.3 Å². The van der Waals surface area contributed by atoms with E-state index in [0.717, 1.165) is 12.3 Å². The highest BCUT2D eigenvalue weighted by atomic mass is 31.3. The summed E-state index contributed by atoms with van der Waals surface area (Å²) in [5.74, 6) is -3.70. The highest BCUT2D eigenvalue weighted by molar-refractivity contribution is 7.66. The van der Waals surface area contributed by atoms with Crippen molar-refractivity contribution in [3.63, 3.8) is 0 Å². The number of phosphoric acid groups is 3. The summed E-state index contributed by atoms with van der Waals surface area (Å²) in [7, 11) is -17.4. The van der Waals surface area contributed by atoms with E-state index in [1.807, 2.05) is 0 Å². The van der Waals surface area contributed by atoms with E-state index in [-0.39, 0.29) is 0 Å². The number of ether oxygens (including phenoxy) is 1. The van der Waals surface area contributed by atoms with Crippen molar-refractivity contribution in [2.24, 2.45) is 0 Å². The number of rotatable bonds is 12. The number of H-pyrrole nitrogens is 1. The van der Waals surface area contributed by atoms with Gasteiger partial charge in [0.05, 0.1) is 6.61 Å².